The Morgan fingerprint density at radius 3 is 2.37 bits per heavy atom. The van der Waals surface area contributed by atoms with Crippen LogP contribution in [0.5, 0.6) is 0 Å². The highest BCUT2D eigenvalue weighted by Gasteiger charge is 2.50. The predicted octanol–water partition coefficient (Wildman–Crippen LogP) is -3.04. The van der Waals surface area contributed by atoms with Crippen molar-refractivity contribution in [2.45, 2.75) is 74.6 Å². The van der Waals surface area contributed by atoms with Crippen molar-refractivity contribution in [3.05, 3.63) is 0 Å². The van der Waals surface area contributed by atoms with Crippen LogP contribution in [-0.2, 0) is 18.9 Å². The number of rotatable bonds is 7. The SMILES string of the molecule is CC[C@@](C)(C#N)O[C@@H]1O[C@H](CO[C@@H]2OC[C@](O)(CO)[C@H]2O)[C@@H](O)[C@H](O)[C@H]1O. The van der Waals surface area contributed by atoms with E-state index in [1.165, 1.54) is 6.92 Å². The highest BCUT2D eigenvalue weighted by molar-refractivity contribution is 4.99. The molecule has 0 amide bonds. The fourth-order valence-electron chi connectivity index (χ4n) is 2.72. The molecular formula is C16H27NO10. The Kier molecular flexibility index (Phi) is 7.15. The molecule has 2 rings (SSSR count). The molecule has 2 saturated heterocycles. The van der Waals surface area contributed by atoms with Gasteiger partial charge in [0.1, 0.15) is 36.1 Å². The van der Waals surface area contributed by atoms with Crippen molar-refractivity contribution >= 4 is 0 Å². The fourth-order valence-corrected chi connectivity index (χ4v) is 2.72. The summed E-state index contributed by atoms with van der Waals surface area (Å²) < 4.78 is 21.3. The molecule has 6 N–H and O–H groups in total. The summed E-state index contributed by atoms with van der Waals surface area (Å²) in [7, 11) is 0. The molecule has 0 saturated carbocycles. The maximum absolute atomic E-state index is 10.1. The van der Waals surface area contributed by atoms with Crippen LogP contribution >= 0.6 is 0 Å². The molecule has 0 bridgehead atoms. The summed E-state index contributed by atoms with van der Waals surface area (Å²) in [6, 6.07) is 1.94. The summed E-state index contributed by atoms with van der Waals surface area (Å²) in [4.78, 5) is 0. The van der Waals surface area contributed by atoms with E-state index in [1.807, 2.05) is 6.07 Å². The van der Waals surface area contributed by atoms with Gasteiger partial charge in [0.15, 0.2) is 18.2 Å². The summed E-state index contributed by atoms with van der Waals surface area (Å²) in [5.41, 5.74) is -3.14. The van der Waals surface area contributed by atoms with E-state index in [4.69, 9.17) is 24.1 Å². The average molecular weight is 393 g/mol. The molecule has 0 unspecified atom stereocenters. The minimum atomic E-state index is -1.87. The molecule has 2 heterocycles. The van der Waals surface area contributed by atoms with Crippen molar-refractivity contribution in [3.63, 3.8) is 0 Å². The Labute approximate surface area is 156 Å². The lowest BCUT2D eigenvalue weighted by Crippen LogP contribution is -2.61. The summed E-state index contributed by atoms with van der Waals surface area (Å²) >= 11 is 0. The van der Waals surface area contributed by atoms with Gasteiger partial charge in [0.2, 0.25) is 0 Å². The summed E-state index contributed by atoms with van der Waals surface area (Å²) in [6.07, 6.45) is -9.86. The van der Waals surface area contributed by atoms with E-state index in [0.717, 1.165) is 0 Å². The molecule has 0 radical (unpaired) electrons. The monoisotopic (exact) mass is 393 g/mol. The van der Waals surface area contributed by atoms with Gasteiger partial charge in [-0.1, -0.05) is 6.92 Å². The lowest BCUT2D eigenvalue weighted by Gasteiger charge is -2.42. The maximum atomic E-state index is 10.1. The second kappa shape index (κ2) is 8.62. The van der Waals surface area contributed by atoms with Gasteiger partial charge in [-0.25, -0.2) is 0 Å². The van der Waals surface area contributed by atoms with Gasteiger partial charge in [0.25, 0.3) is 0 Å². The molecule has 2 fully saturated rings. The average Bonchev–Trinajstić information content (AvgIpc) is 2.96. The number of aliphatic hydroxyl groups excluding tert-OH is 5. The van der Waals surface area contributed by atoms with Crippen LogP contribution in [0.4, 0.5) is 0 Å². The predicted molar refractivity (Wildman–Crippen MR) is 85.8 cm³/mol. The van der Waals surface area contributed by atoms with Gasteiger partial charge in [0, 0.05) is 0 Å². The molecule has 11 nitrogen and oxygen atoms in total. The van der Waals surface area contributed by atoms with Crippen LogP contribution < -0.4 is 0 Å². The van der Waals surface area contributed by atoms with Crippen molar-refractivity contribution < 1.29 is 49.6 Å². The molecule has 0 aromatic heterocycles. The van der Waals surface area contributed by atoms with E-state index in [0.29, 0.717) is 0 Å². The Hall–Kier alpha value is -0.910. The maximum Gasteiger partial charge on any atom is 0.188 e. The van der Waals surface area contributed by atoms with Crippen LogP contribution in [0, 0.1) is 11.3 Å². The van der Waals surface area contributed by atoms with Gasteiger partial charge in [0.05, 0.1) is 25.9 Å². The highest BCUT2D eigenvalue weighted by Crippen LogP contribution is 2.29. The molecule has 2 aliphatic heterocycles. The molecule has 2 aliphatic rings. The van der Waals surface area contributed by atoms with Crippen molar-refractivity contribution in [2.75, 3.05) is 19.8 Å². The molecule has 0 spiro atoms. The van der Waals surface area contributed by atoms with E-state index >= 15 is 0 Å². The van der Waals surface area contributed by atoms with Crippen molar-refractivity contribution in [2.24, 2.45) is 0 Å². The van der Waals surface area contributed by atoms with Crippen molar-refractivity contribution in [1.29, 1.82) is 5.26 Å². The quantitative estimate of drug-likeness (QED) is 0.258. The lowest BCUT2D eigenvalue weighted by molar-refractivity contribution is -0.325. The number of nitrogens with zero attached hydrogens (tertiary/aromatic N) is 1. The topological polar surface area (TPSA) is 182 Å². The zero-order chi connectivity index (χ0) is 20.4. The zero-order valence-electron chi connectivity index (χ0n) is 15.1. The van der Waals surface area contributed by atoms with E-state index in [-0.39, 0.29) is 19.6 Å². The molecule has 11 heteroatoms. The second-order valence-electron chi connectivity index (χ2n) is 7.05. The van der Waals surface area contributed by atoms with Crippen LogP contribution in [0.2, 0.25) is 0 Å². The standard InChI is InChI=1S/C16H27NO10/c1-3-15(2,5-17)27-13-11(21)10(20)9(19)8(26-13)4-24-14-12(22)16(23,6-18)7-25-14/h8-14,18-23H,3-4,6-7H2,1-2H3/t8-,9-,10+,11-,12+,13+,14-,15+,16-/m1/s1. The second-order valence-corrected chi connectivity index (χ2v) is 7.05. The van der Waals surface area contributed by atoms with Gasteiger partial charge in [-0.05, 0) is 13.3 Å². The zero-order valence-corrected chi connectivity index (χ0v) is 15.1. The van der Waals surface area contributed by atoms with Crippen LogP contribution in [0.15, 0.2) is 0 Å². The first-order valence-electron chi connectivity index (χ1n) is 8.64. The van der Waals surface area contributed by atoms with Crippen LogP contribution in [0.3, 0.4) is 0 Å². The Morgan fingerprint density at radius 1 is 1.19 bits per heavy atom. The van der Waals surface area contributed by atoms with Crippen LogP contribution in [0.25, 0.3) is 0 Å². The Morgan fingerprint density at radius 2 is 1.85 bits per heavy atom. The molecule has 156 valence electrons. The van der Waals surface area contributed by atoms with E-state index in [2.05, 4.69) is 0 Å². The number of nitriles is 1. The Bertz CT molecular complexity index is 544. The van der Waals surface area contributed by atoms with E-state index < -0.39 is 60.9 Å². The molecule has 0 aromatic rings. The Balaban J connectivity index is 2.01. The summed E-state index contributed by atoms with van der Waals surface area (Å²) in [5, 5.41) is 68.4. The first-order chi connectivity index (χ1) is 12.6. The molecule has 9 atom stereocenters. The highest BCUT2D eigenvalue weighted by atomic mass is 16.7. The first kappa shape index (κ1) is 22.4. The molecule has 27 heavy (non-hydrogen) atoms. The lowest BCUT2D eigenvalue weighted by atomic mass is 9.98. The molecule has 0 aromatic carbocycles. The normalized spacial score (nSPS) is 44.6. The third-order valence-electron chi connectivity index (χ3n) is 4.96. The molecule has 0 aliphatic carbocycles. The number of hydrogen-bond donors (Lipinski definition) is 6. The summed E-state index contributed by atoms with van der Waals surface area (Å²) in [6.45, 7) is 1.72. The first-order valence-corrected chi connectivity index (χ1v) is 8.64. The van der Waals surface area contributed by atoms with E-state index in [1.54, 1.807) is 6.92 Å². The van der Waals surface area contributed by atoms with Gasteiger partial charge < -0.3 is 49.6 Å². The third kappa shape index (κ3) is 4.57. The van der Waals surface area contributed by atoms with Gasteiger partial charge in [-0.15, -0.1) is 0 Å². The summed E-state index contributed by atoms with van der Waals surface area (Å²) in [5.74, 6) is 0. The number of aliphatic hydroxyl groups is 6. The largest absolute Gasteiger partial charge is 0.393 e. The smallest absolute Gasteiger partial charge is 0.188 e. The third-order valence-corrected chi connectivity index (χ3v) is 4.96. The number of hydrogen-bond acceptors (Lipinski definition) is 11. The minimum absolute atomic E-state index is 0.289. The van der Waals surface area contributed by atoms with Gasteiger partial charge in [-0.3, -0.25) is 0 Å². The van der Waals surface area contributed by atoms with Crippen molar-refractivity contribution in [3.8, 4) is 6.07 Å². The van der Waals surface area contributed by atoms with Crippen LogP contribution in [-0.4, -0.2) is 105 Å². The van der Waals surface area contributed by atoms with Crippen LogP contribution in [0.1, 0.15) is 20.3 Å². The minimum Gasteiger partial charge on any atom is -0.393 e. The molecular weight excluding hydrogens is 366 g/mol. The van der Waals surface area contributed by atoms with Crippen molar-refractivity contribution in [1.82, 2.24) is 0 Å². The fraction of sp³-hybridized carbons (Fsp3) is 0.938. The number of ether oxygens (including phenoxy) is 4. The van der Waals surface area contributed by atoms with Gasteiger partial charge in [-0.2, -0.15) is 5.26 Å². The van der Waals surface area contributed by atoms with Gasteiger partial charge >= 0.3 is 0 Å². The van der Waals surface area contributed by atoms with E-state index in [9.17, 15) is 30.8 Å².